The van der Waals surface area contributed by atoms with Crippen LogP contribution in [-0.2, 0) is 22.6 Å². The van der Waals surface area contributed by atoms with Gasteiger partial charge in [-0.15, -0.1) is 0 Å². The Morgan fingerprint density at radius 1 is 0.922 bits per heavy atom. The first-order valence-electron chi connectivity index (χ1n) is 15.8. The van der Waals surface area contributed by atoms with Crippen LogP contribution in [-0.4, -0.2) is 64.8 Å². The molecule has 0 unspecified atom stereocenters. The second-order valence-electron chi connectivity index (χ2n) is 13.9. The molecule has 264 valence electrons. The molecule has 0 fully saturated rings. The summed E-state index contributed by atoms with van der Waals surface area (Å²) in [6.07, 6.45) is 1.94. The number of H-pyrrole nitrogens is 1. The number of hydrogen-bond donors (Lipinski definition) is 3. The van der Waals surface area contributed by atoms with Gasteiger partial charge in [0.15, 0.2) is 0 Å². The minimum absolute atomic E-state index is 0.0878. The number of carboxylic acid groups (broad SMARTS) is 1. The average Bonchev–Trinajstić information content (AvgIpc) is 3.68. The summed E-state index contributed by atoms with van der Waals surface area (Å²) in [5.41, 5.74) is 6.33. The number of carbonyl (C=O) groups is 4. The maximum atomic E-state index is 13.3. The molecular weight excluding hydrogens is 699 g/mol. The van der Waals surface area contributed by atoms with E-state index < -0.39 is 35.3 Å². The molecule has 5 heterocycles. The van der Waals surface area contributed by atoms with Gasteiger partial charge < -0.3 is 25.3 Å². The van der Waals surface area contributed by atoms with Gasteiger partial charge in [0.2, 0.25) is 0 Å². The first-order chi connectivity index (χ1) is 23.9. The molecule has 4 aromatic heterocycles. The summed E-state index contributed by atoms with van der Waals surface area (Å²) < 4.78 is 12.4. The summed E-state index contributed by atoms with van der Waals surface area (Å²) in [5.74, 6) is -1.54. The molecule has 6 aromatic rings. The second kappa shape index (κ2) is 12.8. The summed E-state index contributed by atoms with van der Waals surface area (Å²) >= 11 is 12.1. The standard InChI is InChI=1S/C23H24ClN3O5.C13H10ClN3O2/c1-22(2,3)31-20(29)26-11-15-17(19(26)28)13-8-7-12-10-25-16(24)9-14(12)18(13)27(15)21(30)32-23(4,5)6;14-10-3-8-6(5-16-10)1-2-7-11(13(18)19)9(4-15)17-12(7)8/h7-10H,11H2,1-6H3;1-3,5,16H,4,15H2,(H,18,19). The van der Waals surface area contributed by atoms with Crippen molar-refractivity contribution in [2.75, 3.05) is 0 Å². The number of aromatic carboxylic acids is 1. The van der Waals surface area contributed by atoms with E-state index in [0.717, 1.165) is 21.1 Å². The van der Waals surface area contributed by atoms with Crippen LogP contribution in [0.2, 0.25) is 10.3 Å². The predicted molar refractivity (Wildman–Crippen MR) is 193 cm³/mol. The fraction of sp³-hybridized carbons (Fsp3) is 0.278. The van der Waals surface area contributed by atoms with Crippen molar-refractivity contribution in [3.05, 3.63) is 81.6 Å². The predicted octanol–water partition coefficient (Wildman–Crippen LogP) is 8.04. The number of nitrogens with zero attached hydrogens (tertiary/aromatic N) is 4. The fourth-order valence-electron chi connectivity index (χ4n) is 6.01. The van der Waals surface area contributed by atoms with Gasteiger partial charge in [-0.3, -0.25) is 4.79 Å². The lowest BCUT2D eigenvalue weighted by atomic mass is 10.1. The van der Waals surface area contributed by atoms with E-state index in [9.17, 15) is 24.3 Å². The summed E-state index contributed by atoms with van der Waals surface area (Å²) in [6.45, 7) is 10.4. The van der Waals surface area contributed by atoms with Crippen molar-refractivity contribution in [1.29, 1.82) is 0 Å². The zero-order valence-electron chi connectivity index (χ0n) is 28.6. The molecule has 7 rings (SSSR count). The van der Waals surface area contributed by atoms with Crippen molar-refractivity contribution >= 4 is 90.6 Å². The molecule has 0 aliphatic carbocycles. The van der Waals surface area contributed by atoms with Crippen molar-refractivity contribution in [1.82, 2.24) is 24.4 Å². The van der Waals surface area contributed by atoms with Crippen LogP contribution in [0.5, 0.6) is 0 Å². The number of carboxylic acids is 1. The lowest BCUT2D eigenvalue weighted by Gasteiger charge is -2.24. The van der Waals surface area contributed by atoms with Crippen molar-refractivity contribution in [2.24, 2.45) is 5.73 Å². The van der Waals surface area contributed by atoms with Crippen molar-refractivity contribution < 1.29 is 33.8 Å². The van der Waals surface area contributed by atoms with Gasteiger partial charge in [-0.2, -0.15) is 0 Å². The number of halogens is 2. The van der Waals surface area contributed by atoms with Gasteiger partial charge in [-0.1, -0.05) is 47.5 Å². The second-order valence-corrected chi connectivity index (χ2v) is 14.7. The number of fused-ring (bicyclic) bond motifs is 8. The normalized spacial score (nSPS) is 13.1. The summed E-state index contributed by atoms with van der Waals surface area (Å²) in [6, 6.07) is 10.5. The van der Waals surface area contributed by atoms with Gasteiger partial charge in [-0.05, 0) is 53.7 Å². The Balaban J connectivity index is 0.000000200. The smallest absolute Gasteiger partial charge is 0.419 e. The SMILES string of the molecule is CC(C)(C)OC(=O)N1Cc2c(c3ccc4cnc(Cl)cc4c3n2C(=O)OC(C)(C)C)C1=O.NCc1nc2c(ccc3c[nH]c(Cl)cc32)c1C(=O)O. The number of nitrogens with one attached hydrogen (secondary N) is 1. The monoisotopic (exact) mass is 732 g/mol. The Kier molecular flexibility index (Phi) is 8.95. The molecule has 1 aliphatic heterocycles. The van der Waals surface area contributed by atoms with E-state index in [4.69, 9.17) is 38.4 Å². The molecule has 2 aromatic carbocycles. The van der Waals surface area contributed by atoms with Gasteiger partial charge in [0.05, 0.1) is 40.1 Å². The Labute approximate surface area is 301 Å². The largest absolute Gasteiger partial charge is 0.478 e. The number of nitrogens with two attached hydrogens (primary N) is 1. The zero-order valence-corrected chi connectivity index (χ0v) is 30.1. The van der Waals surface area contributed by atoms with Crippen LogP contribution in [0.25, 0.3) is 43.4 Å². The van der Waals surface area contributed by atoms with E-state index in [1.165, 1.54) is 4.57 Å². The number of ether oxygens (including phenoxy) is 2. The third kappa shape index (κ3) is 6.67. The van der Waals surface area contributed by atoms with E-state index in [0.29, 0.717) is 43.7 Å². The highest BCUT2D eigenvalue weighted by atomic mass is 35.5. The van der Waals surface area contributed by atoms with Crippen LogP contribution in [0.4, 0.5) is 9.59 Å². The third-order valence-corrected chi connectivity index (χ3v) is 8.37. The lowest BCUT2D eigenvalue weighted by molar-refractivity contribution is 0.0241. The number of benzene rings is 2. The van der Waals surface area contributed by atoms with E-state index in [1.807, 2.05) is 6.07 Å². The third-order valence-electron chi connectivity index (χ3n) is 7.95. The highest BCUT2D eigenvalue weighted by molar-refractivity contribution is 6.31. The number of aromatic nitrogens is 4. The Hall–Kier alpha value is -5.24. The van der Waals surface area contributed by atoms with Crippen molar-refractivity contribution in [3.8, 4) is 0 Å². The maximum absolute atomic E-state index is 13.3. The maximum Gasteiger partial charge on any atom is 0.419 e. The topological polar surface area (TPSA) is 183 Å². The van der Waals surface area contributed by atoms with Crippen LogP contribution in [0.3, 0.4) is 0 Å². The van der Waals surface area contributed by atoms with E-state index in [-0.39, 0.29) is 29.4 Å². The fourth-order valence-corrected chi connectivity index (χ4v) is 6.33. The van der Waals surface area contributed by atoms with Gasteiger partial charge in [0.25, 0.3) is 5.91 Å². The molecule has 4 N–H and O–H groups in total. The van der Waals surface area contributed by atoms with Gasteiger partial charge in [-0.25, -0.2) is 33.8 Å². The minimum Gasteiger partial charge on any atom is -0.478 e. The van der Waals surface area contributed by atoms with E-state index >= 15 is 0 Å². The number of amides is 2. The first kappa shape index (κ1) is 35.6. The molecule has 0 bridgehead atoms. The molecule has 15 heteroatoms. The minimum atomic E-state index is -1.02. The molecule has 0 saturated heterocycles. The first-order valence-corrected chi connectivity index (χ1v) is 16.6. The number of hydrogen-bond acceptors (Lipinski definition) is 9. The molecule has 0 radical (unpaired) electrons. The van der Waals surface area contributed by atoms with Crippen LogP contribution < -0.4 is 5.73 Å². The average molecular weight is 734 g/mol. The number of imide groups is 1. The zero-order chi connectivity index (χ0) is 37.2. The van der Waals surface area contributed by atoms with Gasteiger partial charge in [0, 0.05) is 51.3 Å². The Morgan fingerprint density at radius 2 is 1.57 bits per heavy atom. The summed E-state index contributed by atoms with van der Waals surface area (Å²) in [5, 5.41) is 14.2. The van der Waals surface area contributed by atoms with E-state index in [2.05, 4.69) is 15.0 Å². The van der Waals surface area contributed by atoms with Crippen LogP contribution in [0, 0.1) is 0 Å². The van der Waals surface area contributed by atoms with Crippen LogP contribution in [0.15, 0.2) is 48.8 Å². The number of pyridine rings is 2. The van der Waals surface area contributed by atoms with Crippen molar-refractivity contribution in [3.63, 3.8) is 0 Å². The molecule has 2 amide bonds. The molecule has 0 atom stereocenters. The number of rotatable bonds is 2. The van der Waals surface area contributed by atoms with Crippen molar-refractivity contribution in [2.45, 2.75) is 65.8 Å². The molecule has 0 spiro atoms. The number of carbonyl (C=O) groups excluding carboxylic acids is 3. The number of aromatic amines is 1. The molecule has 0 saturated carbocycles. The van der Waals surface area contributed by atoms with Crippen LogP contribution in [0.1, 0.15) is 73.6 Å². The van der Waals surface area contributed by atoms with Gasteiger partial charge >= 0.3 is 18.2 Å². The quantitative estimate of drug-likeness (QED) is 0.147. The molecule has 51 heavy (non-hydrogen) atoms. The highest BCUT2D eigenvalue weighted by Crippen LogP contribution is 2.39. The lowest BCUT2D eigenvalue weighted by Crippen LogP contribution is -2.37. The highest BCUT2D eigenvalue weighted by Gasteiger charge is 2.41. The van der Waals surface area contributed by atoms with Gasteiger partial charge in [0.1, 0.15) is 21.5 Å². The summed E-state index contributed by atoms with van der Waals surface area (Å²) in [7, 11) is 0. The molecular formula is C36H34Cl2N6O7. The summed E-state index contributed by atoms with van der Waals surface area (Å²) in [4.78, 5) is 62.9. The Bertz CT molecular complexity index is 2440. The Morgan fingerprint density at radius 3 is 2.22 bits per heavy atom. The molecule has 1 aliphatic rings. The molecule has 13 nitrogen and oxygen atoms in total. The van der Waals surface area contributed by atoms with E-state index in [1.54, 1.807) is 84.3 Å². The van der Waals surface area contributed by atoms with Crippen LogP contribution >= 0.6 is 23.2 Å².